The largest absolute Gasteiger partial charge is 0.480 e. The van der Waals surface area contributed by atoms with Crippen molar-refractivity contribution in [3.63, 3.8) is 0 Å². The molecule has 2 atom stereocenters. The number of hydrogen-bond acceptors (Lipinski definition) is 10. The van der Waals surface area contributed by atoms with E-state index in [1.165, 1.54) is 18.2 Å². The number of carboxylic acids is 2. The first kappa shape index (κ1) is 38.4. The van der Waals surface area contributed by atoms with E-state index in [4.69, 9.17) is 23.2 Å². The summed E-state index contributed by atoms with van der Waals surface area (Å²) in [7, 11) is 3.23. The van der Waals surface area contributed by atoms with E-state index in [1.807, 2.05) is 0 Å². The molecule has 0 fully saturated rings. The molecule has 282 valence electrons. The number of aromatic nitrogens is 6. The Morgan fingerprint density at radius 1 is 0.685 bits per heavy atom. The van der Waals surface area contributed by atoms with Gasteiger partial charge in [0.2, 0.25) is 0 Å². The Balaban J connectivity index is 1.30. The highest BCUT2D eigenvalue weighted by atomic mass is 35.5. The molecule has 16 nitrogen and oxygen atoms in total. The van der Waals surface area contributed by atoms with Gasteiger partial charge in [0.25, 0.3) is 11.1 Å². The SMILES string of the molecule is Cn1c(CCN[C@@H](CO)C(=O)O)cn2nc(-c3cccc(-c4cccc(-c5cc6c(=O)n(C)c(CCN[C@@H](CO)C(=O)O)cn6n5)c4Cl)c3Cl)cc2c1=O. The summed E-state index contributed by atoms with van der Waals surface area (Å²) in [6.45, 7) is -0.740. The monoisotopic (exact) mass is 778 g/mol. The van der Waals surface area contributed by atoms with Crippen molar-refractivity contribution in [2.45, 2.75) is 24.9 Å². The van der Waals surface area contributed by atoms with E-state index in [0.717, 1.165) is 0 Å². The number of aliphatic hydroxyl groups is 2. The van der Waals surface area contributed by atoms with Crippen LogP contribution in [0.3, 0.4) is 0 Å². The van der Waals surface area contributed by atoms with Crippen molar-refractivity contribution in [2.24, 2.45) is 14.1 Å². The van der Waals surface area contributed by atoms with Crippen molar-refractivity contribution in [1.29, 1.82) is 0 Å². The van der Waals surface area contributed by atoms with E-state index in [0.29, 0.717) is 78.9 Å². The smallest absolute Gasteiger partial charge is 0.323 e. The van der Waals surface area contributed by atoms with Crippen molar-refractivity contribution in [2.75, 3.05) is 26.3 Å². The summed E-state index contributed by atoms with van der Waals surface area (Å²) in [6.07, 6.45) is 3.96. The van der Waals surface area contributed by atoms with Crippen LogP contribution in [-0.2, 0) is 36.5 Å². The lowest BCUT2D eigenvalue weighted by Gasteiger charge is -2.13. The van der Waals surface area contributed by atoms with Crippen LogP contribution in [0.25, 0.3) is 44.7 Å². The first-order valence-electron chi connectivity index (χ1n) is 16.7. The molecule has 6 rings (SSSR count). The van der Waals surface area contributed by atoms with Gasteiger partial charge in [0.05, 0.1) is 34.6 Å². The summed E-state index contributed by atoms with van der Waals surface area (Å²) in [5.41, 5.74) is 4.29. The molecular weight excluding hydrogens is 743 g/mol. The standard InChI is InChI=1S/C36H36Cl2N8O8/c1-43-19(9-11-39-27(17-47)35(51)52)15-45-29(33(43)49)13-25(41-45)23-7-3-5-21(31(23)37)22-6-4-8-24(32(22)38)26-14-30-34(50)44(2)20(16-46(30)42-26)10-12-40-28(18-48)36(53)54/h3-8,13-16,27-28,39-40,47-48H,9-12,17-18H2,1-2H3,(H,51,52)(H,53,54)/t27-,28-/m0/s1. The second kappa shape index (κ2) is 15.9. The number of aliphatic hydroxyl groups excluding tert-OH is 2. The molecule has 0 aliphatic rings. The maximum absolute atomic E-state index is 13.3. The van der Waals surface area contributed by atoms with Crippen molar-refractivity contribution in [3.8, 4) is 33.6 Å². The number of rotatable bonds is 15. The van der Waals surface area contributed by atoms with Crippen LogP contribution in [-0.4, -0.2) is 99.1 Å². The predicted molar refractivity (Wildman–Crippen MR) is 201 cm³/mol. The van der Waals surface area contributed by atoms with Crippen LogP contribution < -0.4 is 21.8 Å². The lowest BCUT2D eigenvalue weighted by Crippen LogP contribution is -2.41. The number of benzene rings is 2. The van der Waals surface area contributed by atoms with E-state index in [9.17, 15) is 39.6 Å². The minimum absolute atomic E-state index is 0.200. The molecule has 0 radical (unpaired) electrons. The minimum Gasteiger partial charge on any atom is -0.480 e. The molecule has 6 N–H and O–H groups in total. The molecule has 0 bridgehead atoms. The van der Waals surface area contributed by atoms with Gasteiger partial charge in [0.15, 0.2) is 0 Å². The van der Waals surface area contributed by atoms with Gasteiger partial charge in [-0.05, 0) is 12.1 Å². The summed E-state index contributed by atoms with van der Waals surface area (Å²) in [5.74, 6) is -2.36. The maximum atomic E-state index is 13.3. The number of carboxylic acid groups (broad SMARTS) is 2. The van der Waals surface area contributed by atoms with Gasteiger partial charge in [-0.15, -0.1) is 0 Å². The average molecular weight is 780 g/mol. The maximum Gasteiger partial charge on any atom is 0.323 e. The van der Waals surface area contributed by atoms with Crippen molar-refractivity contribution >= 4 is 46.2 Å². The lowest BCUT2D eigenvalue weighted by molar-refractivity contribution is -0.141. The van der Waals surface area contributed by atoms with Crippen LogP contribution in [0.4, 0.5) is 0 Å². The normalized spacial score (nSPS) is 12.8. The Morgan fingerprint density at radius 3 is 1.41 bits per heavy atom. The highest BCUT2D eigenvalue weighted by molar-refractivity contribution is 6.39. The molecule has 0 aliphatic heterocycles. The molecule has 4 heterocycles. The number of fused-ring (bicyclic) bond motifs is 2. The van der Waals surface area contributed by atoms with Crippen molar-refractivity contribution in [3.05, 3.63) is 103 Å². The summed E-state index contributed by atoms with van der Waals surface area (Å²) < 4.78 is 5.84. The van der Waals surface area contributed by atoms with Gasteiger partial charge in [0.1, 0.15) is 23.1 Å². The zero-order valence-corrected chi connectivity index (χ0v) is 30.5. The zero-order chi connectivity index (χ0) is 38.8. The van der Waals surface area contributed by atoms with E-state index in [1.54, 1.807) is 75.0 Å². The molecule has 54 heavy (non-hydrogen) atoms. The van der Waals surface area contributed by atoms with Gasteiger partial charge in [-0.3, -0.25) is 19.2 Å². The third kappa shape index (κ3) is 7.39. The third-order valence-electron chi connectivity index (χ3n) is 9.27. The Kier molecular flexibility index (Phi) is 11.3. The molecule has 2 aromatic carbocycles. The van der Waals surface area contributed by atoms with E-state index in [2.05, 4.69) is 20.8 Å². The van der Waals surface area contributed by atoms with E-state index >= 15 is 0 Å². The second-order valence-corrected chi connectivity index (χ2v) is 13.3. The van der Waals surface area contributed by atoms with Crippen LogP contribution in [0.5, 0.6) is 0 Å². The fourth-order valence-corrected chi connectivity index (χ4v) is 6.83. The first-order chi connectivity index (χ1) is 25.8. The van der Waals surface area contributed by atoms with Gasteiger partial charge < -0.3 is 40.2 Å². The molecule has 6 aromatic rings. The Bertz CT molecular complexity index is 2350. The van der Waals surface area contributed by atoms with Crippen LogP contribution in [0.2, 0.25) is 10.0 Å². The fraction of sp³-hybridized carbons (Fsp3) is 0.278. The average Bonchev–Trinajstić information content (AvgIpc) is 3.77. The lowest BCUT2D eigenvalue weighted by atomic mass is 9.98. The first-order valence-corrected chi connectivity index (χ1v) is 17.5. The molecule has 0 spiro atoms. The molecule has 0 unspecified atom stereocenters. The summed E-state index contributed by atoms with van der Waals surface area (Å²) in [5, 5.41) is 52.4. The molecule has 4 aromatic heterocycles. The summed E-state index contributed by atoms with van der Waals surface area (Å²) >= 11 is 14.1. The van der Waals surface area contributed by atoms with Crippen molar-refractivity contribution < 1.29 is 30.0 Å². The van der Waals surface area contributed by atoms with Crippen LogP contribution in [0.1, 0.15) is 11.4 Å². The van der Waals surface area contributed by atoms with E-state index in [-0.39, 0.29) is 24.2 Å². The Labute approximate surface area is 316 Å². The van der Waals surface area contributed by atoms with Crippen LogP contribution >= 0.6 is 23.2 Å². The molecular formula is C36H36Cl2N8O8. The quantitative estimate of drug-likeness (QED) is 0.0881. The van der Waals surface area contributed by atoms with Gasteiger partial charge in [-0.1, -0.05) is 59.6 Å². The number of halogens is 2. The summed E-state index contributed by atoms with van der Waals surface area (Å²) in [4.78, 5) is 49.1. The molecule has 0 saturated carbocycles. The second-order valence-electron chi connectivity index (χ2n) is 12.6. The molecule has 18 heteroatoms. The number of aliphatic carboxylic acids is 2. The predicted octanol–water partition coefficient (Wildman–Crippen LogP) is 1.84. The molecule has 0 amide bonds. The Morgan fingerprint density at radius 2 is 1.06 bits per heavy atom. The van der Waals surface area contributed by atoms with E-state index < -0.39 is 37.2 Å². The summed E-state index contributed by atoms with van der Waals surface area (Å²) in [6, 6.07) is 11.8. The minimum atomic E-state index is -1.18. The zero-order valence-electron chi connectivity index (χ0n) is 29.0. The van der Waals surface area contributed by atoms with Gasteiger partial charge in [-0.25, -0.2) is 9.03 Å². The number of carbonyl (C=O) groups is 2. The van der Waals surface area contributed by atoms with Gasteiger partial charge in [0, 0.05) is 86.1 Å². The molecule has 0 saturated heterocycles. The molecule has 0 aliphatic carbocycles. The van der Waals surface area contributed by atoms with Gasteiger partial charge >= 0.3 is 11.9 Å². The highest BCUT2D eigenvalue weighted by Gasteiger charge is 2.21. The van der Waals surface area contributed by atoms with Crippen LogP contribution in [0.15, 0.2) is 70.5 Å². The number of nitrogens with zero attached hydrogens (tertiary/aromatic N) is 6. The van der Waals surface area contributed by atoms with Gasteiger partial charge in [-0.2, -0.15) is 10.2 Å². The highest BCUT2D eigenvalue weighted by Crippen LogP contribution is 2.42. The fourth-order valence-electron chi connectivity index (χ4n) is 6.18. The number of nitrogens with one attached hydrogen (secondary N) is 2. The van der Waals surface area contributed by atoms with Crippen LogP contribution in [0, 0.1) is 0 Å². The third-order valence-corrected chi connectivity index (χ3v) is 10.1. The van der Waals surface area contributed by atoms with Crippen molar-refractivity contribution in [1.82, 2.24) is 39.0 Å². The Hall–Kier alpha value is -5.36. The number of hydrogen-bond donors (Lipinski definition) is 6. The topological polar surface area (TPSA) is 218 Å².